The van der Waals surface area contributed by atoms with Crippen molar-refractivity contribution < 1.29 is 28.6 Å². The van der Waals surface area contributed by atoms with Gasteiger partial charge in [0.1, 0.15) is 5.58 Å². The largest absolute Gasteiger partial charge is 0.493 e. The summed E-state index contributed by atoms with van der Waals surface area (Å²) in [6.45, 7) is 4.34. The number of furan rings is 1. The van der Waals surface area contributed by atoms with E-state index >= 15 is 0 Å². The lowest BCUT2D eigenvalue weighted by molar-refractivity contribution is -0.137. The number of carboxylic acid groups (broad SMARTS) is 1. The molecule has 1 unspecified atom stereocenters. The standard InChI is InChI=1S/C23H25NO6/c1-4-11-29-19-10-9-15(12-20(19)28-3)17(13-21(25)26)24-23(27)22-14(2)16-7-5-6-8-18(16)30-22/h5-10,12,17H,4,11,13H2,1-3H3,(H,24,27)(H,25,26). The zero-order valence-electron chi connectivity index (χ0n) is 17.2. The number of carboxylic acids is 1. The number of nitrogens with one attached hydrogen (secondary N) is 1. The van der Waals surface area contributed by atoms with Crippen molar-refractivity contribution in [2.45, 2.75) is 32.7 Å². The lowest BCUT2D eigenvalue weighted by Gasteiger charge is -2.19. The van der Waals surface area contributed by atoms with Gasteiger partial charge in [0.25, 0.3) is 5.91 Å². The third-order valence-electron chi connectivity index (χ3n) is 4.79. The smallest absolute Gasteiger partial charge is 0.305 e. The van der Waals surface area contributed by atoms with Gasteiger partial charge in [-0.2, -0.15) is 0 Å². The minimum atomic E-state index is -1.04. The van der Waals surface area contributed by atoms with Crippen LogP contribution in [-0.4, -0.2) is 30.7 Å². The monoisotopic (exact) mass is 411 g/mol. The van der Waals surface area contributed by atoms with E-state index in [1.807, 2.05) is 25.1 Å². The van der Waals surface area contributed by atoms with Crippen LogP contribution in [0.1, 0.15) is 47.5 Å². The Labute approximate surface area is 174 Å². The van der Waals surface area contributed by atoms with Gasteiger partial charge in [-0.1, -0.05) is 31.2 Å². The Morgan fingerprint density at radius 1 is 1.17 bits per heavy atom. The maximum Gasteiger partial charge on any atom is 0.305 e. The zero-order valence-corrected chi connectivity index (χ0v) is 17.2. The predicted octanol–water partition coefficient (Wildman–Crippen LogP) is 4.48. The maximum absolute atomic E-state index is 12.9. The number of carbonyl (C=O) groups is 2. The average Bonchev–Trinajstić information content (AvgIpc) is 3.08. The quantitative estimate of drug-likeness (QED) is 0.539. The summed E-state index contributed by atoms with van der Waals surface area (Å²) in [5, 5.41) is 13.0. The first-order valence-corrected chi connectivity index (χ1v) is 9.76. The molecule has 0 aliphatic heterocycles. The van der Waals surface area contributed by atoms with E-state index in [-0.39, 0.29) is 12.2 Å². The van der Waals surface area contributed by atoms with Gasteiger partial charge in [-0.15, -0.1) is 0 Å². The minimum absolute atomic E-state index is 0.168. The molecular weight excluding hydrogens is 386 g/mol. The molecule has 0 bridgehead atoms. The lowest BCUT2D eigenvalue weighted by Crippen LogP contribution is -2.30. The molecule has 158 valence electrons. The van der Waals surface area contributed by atoms with Crippen LogP contribution in [0, 0.1) is 6.92 Å². The van der Waals surface area contributed by atoms with Crippen LogP contribution in [0.2, 0.25) is 0 Å². The van der Waals surface area contributed by atoms with E-state index in [9.17, 15) is 14.7 Å². The molecule has 1 atom stereocenters. The van der Waals surface area contributed by atoms with Gasteiger partial charge in [-0.25, -0.2) is 0 Å². The molecule has 3 aromatic rings. The van der Waals surface area contributed by atoms with Crippen molar-refractivity contribution in [2.75, 3.05) is 13.7 Å². The minimum Gasteiger partial charge on any atom is -0.493 e. The van der Waals surface area contributed by atoms with E-state index in [2.05, 4.69) is 5.32 Å². The summed E-state index contributed by atoms with van der Waals surface area (Å²) >= 11 is 0. The zero-order chi connectivity index (χ0) is 21.7. The first-order chi connectivity index (χ1) is 14.4. The predicted molar refractivity (Wildman–Crippen MR) is 112 cm³/mol. The van der Waals surface area contributed by atoms with Crippen LogP contribution in [0.15, 0.2) is 46.9 Å². The Bertz CT molecular complexity index is 1060. The third kappa shape index (κ3) is 4.56. The number of fused-ring (bicyclic) bond motifs is 1. The number of benzene rings is 2. The molecule has 0 aliphatic carbocycles. The second kappa shape index (κ2) is 9.35. The van der Waals surface area contributed by atoms with E-state index < -0.39 is 17.9 Å². The summed E-state index contributed by atoms with van der Waals surface area (Å²) in [4.78, 5) is 24.4. The Kier molecular flexibility index (Phi) is 6.61. The Balaban J connectivity index is 1.89. The van der Waals surface area contributed by atoms with Gasteiger partial charge in [-0.05, 0) is 37.1 Å². The summed E-state index contributed by atoms with van der Waals surface area (Å²) in [6, 6.07) is 11.7. The van der Waals surface area contributed by atoms with Gasteiger partial charge >= 0.3 is 5.97 Å². The summed E-state index contributed by atoms with van der Waals surface area (Å²) < 4.78 is 16.7. The summed E-state index contributed by atoms with van der Waals surface area (Å²) in [5.74, 6) is -0.296. The molecule has 2 N–H and O–H groups in total. The highest BCUT2D eigenvalue weighted by Gasteiger charge is 2.24. The molecule has 0 saturated heterocycles. The average molecular weight is 411 g/mol. The number of hydrogen-bond acceptors (Lipinski definition) is 5. The fourth-order valence-corrected chi connectivity index (χ4v) is 3.27. The van der Waals surface area contributed by atoms with Crippen LogP contribution in [0.3, 0.4) is 0 Å². The Morgan fingerprint density at radius 2 is 1.93 bits per heavy atom. The summed E-state index contributed by atoms with van der Waals surface area (Å²) in [7, 11) is 1.51. The second-order valence-corrected chi connectivity index (χ2v) is 6.94. The number of amides is 1. The van der Waals surface area contributed by atoms with Gasteiger partial charge < -0.3 is 24.3 Å². The van der Waals surface area contributed by atoms with Crippen molar-refractivity contribution in [3.8, 4) is 11.5 Å². The van der Waals surface area contributed by atoms with Crippen molar-refractivity contribution in [2.24, 2.45) is 0 Å². The molecule has 2 aromatic carbocycles. The number of para-hydroxylation sites is 1. The first kappa shape index (κ1) is 21.2. The fraction of sp³-hybridized carbons (Fsp3) is 0.304. The molecule has 0 aliphatic rings. The molecule has 1 heterocycles. The van der Waals surface area contributed by atoms with Crippen molar-refractivity contribution in [1.29, 1.82) is 0 Å². The Hall–Kier alpha value is -3.48. The molecule has 0 radical (unpaired) electrons. The number of carbonyl (C=O) groups excluding carboxylic acids is 1. The van der Waals surface area contributed by atoms with Crippen molar-refractivity contribution in [3.05, 3.63) is 59.4 Å². The normalized spacial score (nSPS) is 11.8. The number of aryl methyl sites for hydroxylation is 1. The summed E-state index contributed by atoms with van der Waals surface area (Å²) in [5.41, 5.74) is 1.91. The van der Waals surface area contributed by atoms with Crippen LogP contribution in [-0.2, 0) is 4.79 Å². The molecule has 7 nitrogen and oxygen atoms in total. The number of aliphatic carboxylic acids is 1. The second-order valence-electron chi connectivity index (χ2n) is 6.94. The van der Waals surface area contributed by atoms with Gasteiger partial charge in [0.05, 0.1) is 26.2 Å². The molecule has 1 aromatic heterocycles. The number of rotatable bonds is 9. The van der Waals surface area contributed by atoms with E-state index in [4.69, 9.17) is 13.9 Å². The van der Waals surface area contributed by atoms with Gasteiger partial charge in [0.15, 0.2) is 17.3 Å². The third-order valence-corrected chi connectivity index (χ3v) is 4.79. The molecular formula is C23H25NO6. The number of methoxy groups -OCH3 is 1. The SMILES string of the molecule is CCCOc1ccc(C(CC(=O)O)NC(=O)c2oc3ccccc3c2C)cc1OC. The first-order valence-electron chi connectivity index (χ1n) is 9.76. The molecule has 1 amide bonds. The van der Waals surface area contributed by atoms with E-state index in [1.54, 1.807) is 31.2 Å². The topological polar surface area (TPSA) is 98.0 Å². The van der Waals surface area contributed by atoms with E-state index in [0.717, 1.165) is 11.8 Å². The highest BCUT2D eigenvalue weighted by atomic mass is 16.5. The van der Waals surface area contributed by atoms with E-state index in [0.29, 0.717) is 34.8 Å². The lowest BCUT2D eigenvalue weighted by atomic mass is 10.0. The van der Waals surface area contributed by atoms with Crippen LogP contribution >= 0.6 is 0 Å². The van der Waals surface area contributed by atoms with E-state index in [1.165, 1.54) is 7.11 Å². The molecule has 0 saturated carbocycles. The van der Waals surface area contributed by atoms with Crippen LogP contribution < -0.4 is 14.8 Å². The molecule has 0 spiro atoms. The molecule has 0 fully saturated rings. The maximum atomic E-state index is 12.9. The molecule has 30 heavy (non-hydrogen) atoms. The molecule has 7 heteroatoms. The van der Waals surface area contributed by atoms with Crippen LogP contribution in [0.4, 0.5) is 0 Å². The van der Waals surface area contributed by atoms with Crippen molar-refractivity contribution >= 4 is 22.8 Å². The summed E-state index contributed by atoms with van der Waals surface area (Å²) in [6.07, 6.45) is 0.558. The highest BCUT2D eigenvalue weighted by Crippen LogP contribution is 2.32. The number of hydrogen-bond donors (Lipinski definition) is 2. The Morgan fingerprint density at radius 3 is 2.60 bits per heavy atom. The van der Waals surface area contributed by atoms with Crippen molar-refractivity contribution in [3.63, 3.8) is 0 Å². The van der Waals surface area contributed by atoms with Gasteiger partial charge in [0.2, 0.25) is 0 Å². The molecule has 3 rings (SSSR count). The highest BCUT2D eigenvalue weighted by molar-refractivity contribution is 5.99. The van der Waals surface area contributed by atoms with Gasteiger partial charge in [0, 0.05) is 10.9 Å². The van der Waals surface area contributed by atoms with Crippen LogP contribution in [0.25, 0.3) is 11.0 Å². The fourth-order valence-electron chi connectivity index (χ4n) is 3.27. The number of ether oxygens (including phenoxy) is 2. The van der Waals surface area contributed by atoms with Gasteiger partial charge in [-0.3, -0.25) is 9.59 Å². The van der Waals surface area contributed by atoms with Crippen LogP contribution in [0.5, 0.6) is 11.5 Å². The van der Waals surface area contributed by atoms with Crippen molar-refractivity contribution in [1.82, 2.24) is 5.32 Å².